The Morgan fingerprint density at radius 2 is 2.08 bits per heavy atom. The van der Waals surface area contributed by atoms with Crippen LogP contribution in [0.15, 0.2) is 65.5 Å². The van der Waals surface area contributed by atoms with Crippen molar-refractivity contribution in [2.24, 2.45) is 0 Å². The number of hydrogen-bond acceptors (Lipinski definition) is 5. The molecule has 0 amide bonds. The number of pyridine rings is 1. The lowest BCUT2D eigenvalue weighted by Gasteiger charge is -2.34. The number of hydrogen-bond donors (Lipinski definition) is 2. The van der Waals surface area contributed by atoms with Crippen LogP contribution in [0.25, 0.3) is 5.65 Å². The lowest BCUT2D eigenvalue weighted by molar-refractivity contribution is 0.402. The monoisotopic (exact) mass is 345 g/mol. The van der Waals surface area contributed by atoms with Gasteiger partial charge in [0.2, 0.25) is 0 Å². The molecule has 0 aliphatic heterocycles. The summed E-state index contributed by atoms with van der Waals surface area (Å²) in [7, 11) is 0. The van der Waals surface area contributed by atoms with Crippen molar-refractivity contribution in [1.29, 1.82) is 0 Å². The molecule has 3 aromatic heterocycles. The second-order valence-corrected chi connectivity index (χ2v) is 6.68. The minimum absolute atomic E-state index is 0.107. The maximum atomic E-state index is 6.13. The molecule has 0 fully saturated rings. The molecule has 6 heteroatoms. The van der Waals surface area contributed by atoms with Crippen molar-refractivity contribution in [3.05, 3.63) is 78.0 Å². The number of aromatic nitrogens is 3. The van der Waals surface area contributed by atoms with Crippen molar-refractivity contribution in [3.63, 3.8) is 0 Å². The van der Waals surface area contributed by atoms with E-state index < -0.39 is 0 Å². The Bertz CT molecular complexity index is 1050. The van der Waals surface area contributed by atoms with Crippen LogP contribution < -0.4 is 11.1 Å². The van der Waals surface area contributed by atoms with Crippen molar-refractivity contribution in [3.8, 4) is 0 Å². The highest BCUT2D eigenvalue weighted by Gasteiger charge is 2.32. The van der Waals surface area contributed by atoms with Gasteiger partial charge in [0.1, 0.15) is 17.9 Å². The quantitative estimate of drug-likeness (QED) is 0.590. The Hall–Kier alpha value is -3.28. The predicted octanol–water partition coefficient (Wildman–Crippen LogP) is 3.79. The summed E-state index contributed by atoms with van der Waals surface area (Å²) >= 11 is 0. The van der Waals surface area contributed by atoms with E-state index in [0.717, 1.165) is 29.9 Å². The van der Waals surface area contributed by atoms with Gasteiger partial charge in [0.25, 0.3) is 0 Å². The molecular weight excluding hydrogens is 326 g/mol. The van der Waals surface area contributed by atoms with Gasteiger partial charge in [-0.15, -0.1) is 0 Å². The molecule has 1 aliphatic rings. The van der Waals surface area contributed by atoms with Crippen molar-refractivity contribution >= 4 is 17.2 Å². The number of aryl methyl sites for hydroxylation is 1. The predicted molar refractivity (Wildman–Crippen MR) is 100.0 cm³/mol. The molecule has 0 spiro atoms. The summed E-state index contributed by atoms with van der Waals surface area (Å²) in [5.74, 6) is 1.82. The third-order valence-corrected chi connectivity index (χ3v) is 5.15. The molecule has 1 aliphatic carbocycles. The molecule has 6 nitrogen and oxygen atoms in total. The standard InChI is InChI=1S/C20H19N5O/c21-18-10-14(11-19-22-12-23-25(18)19)24-20-15-5-2-1-4-13(15)7-8-16(20)17-6-3-9-26-17/h1-6,9-12,16,20,24H,7-8,21H2. The highest BCUT2D eigenvalue weighted by atomic mass is 16.3. The average Bonchev–Trinajstić information content (AvgIpc) is 3.34. The minimum Gasteiger partial charge on any atom is -0.469 e. The number of furan rings is 1. The number of nitrogens with two attached hydrogens (primary N) is 1. The Morgan fingerprint density at radius 1 is 1.15 bits per heavy atom. The van der Waals surface area contributed by atoms with Crippen LogP contribution in [-0.4, -0.2) is 14.6 Å². The summed E-state index contributed by atoms with van der Waals surface area (Å²) in [4.78, 5) is 4.26. The molecule has 3 heterocycles. The molecule has 3 N–H and O–H groups in total. The molecule has 4 aromatic rings. The van der Waals surface area contributed by atoms with Crippen LogP contribution in [0.1, 0.15) is 35.3 Å². The zero-order valence-corrected chi connectivity index (χ0v) is 14.2. The van der Waals surface area contributed by atoms with E-state index in [9.17, 15) is 0 Å². The number of nitrogens with zero attached hydrogens (tertiary/aromatic N) is 3. The van der Waals surface area contributed by atoms with Crippen molar-refractivity contribution in [2.75, 3.05) is 11.1 Å². The summed E-state index contributed by atoms with van der Waals surface area (Å²) in [5, 5.41) is 7.81. The van der Waals surface area contributed by atoms with Gasteiger partial charge >= 0.3 is 0 Å². The van der Waals surface area contributed by atoms with Crippen LogP contribution in [-0.2, 0) is 6.42 Å². The first-order valence-corrected chi connectivity index (χ1v) is 8.76. The van der Waals surface area contributed by atoms with Gasteiger partial charge in [-0.05, 0) is 36.1 Å². The number of benzene rings is 1. The van der Waals surface area contributed by atoms with Crippen molar-refractivity contribution in [1.82, 2.24) is 14.6 Å². The third kappa shape index (κ3) is 2.42. The molecule has 0 saturated carbocycles. The number of nitrogens with one attached hydrogen (secondary N) is 1. The molecule has 0 radical (unpaired) electrons. The summed E-state index contributed by atoms with van der Waals surface area (Å²) in [6.45, 7) is 0. The largest absolute Gasteiger partial charge is 0.469 e. The summed E-state index contributed by atoms with van der Waals surface area (Å²) < 4.78 is 7.38. The van der Waals surface area contributed by atoms with E-state index in [4.69, 9.17) is 10.2 Å². The molecule has 1 aromatic carbocycles. The van der Waals surface area contributed by atoms with Gasteiger partial charge in [0, 0.05) is 23.7 Å². The molecule has 0 bridgehead atoms. The van der Waals surface area contributed by atoms with Crippen LogP contribution >= 0.6 is 0 Å². The van der Waals surface area contributed by atoms with E-state index in [1.165, 1.54) is 17.5 Å². The first kappa shape index (κ1) is 15.0. The van der Waals surface area contributed by atoms with E-state index >= 15 is 0 Å². The van der Waals surface area contributed by atoms with E-state index in [0.29, 0.717) is 5.82 Å². The second kappa shape index (κ2) is 5.91. The first-order valence-electron chi connectivity index (χ1n) is 8.76. The Balaban J connectivity index is 1.58. The number of rotatable bonds is 3. The van der Waals surface area contributed by atoms with Gasteiger partial charge in [-0.3, -0.25) is 0 Å². The molecule has 130 valence electrons. The molecule has 2 unspecified atom stereocenters. The Morgan fingerprint density at radius 3 is 2.96 bits per heavy atom. The van der Waals surface area contributed by atoms with E-state index in [1.54, 1.807) is 10.8 Å². The van der Waals surface area contributed by atoms with Gasteiger partial charge in [0.15, 0.2) is 5.65 Å². The molecule has 2 atom stereocenters. The molecular formula is C20H19N5O. The highest BCUT2D eigenvalue weighted by Crippen LogP contribution is 2.43. The van der Waals surface area contributed by atoms with Crippen molar-refractivity contribution in [2.45, 2.75) is 24.8 Å². The fourth-order valence-electron chi connectivity index (χ4n) is 3.96. The van der Waals surface area contributed by atoms with Gasteiger partial charge in [-0.25, -0.2) is 4.98 Å². The fourth-order valence-corrected chi connectivity index (χ4v) is 3.96. The molecule has 0 saturated heterocycles. The van der Waals surface area contributed by atoms with Gasteiger partial charge < -0.3 is 15.5 Å². The lowest BCUT2D eigenvalue weighted by atomic mass is 9.78. The van der Waals surface area contributed by atoms with E-state index in [2.05, 4.69) is 45.7 Å². The Kier molecular flexibility index (Phi) is 3.41. The van der Waals surface area contributed by atoms with Crippen LogP contribution in [0.4, 0.5) is 11.5 Å². The average molecular weight is 345 g/mol. The number of fused-ring (bicyclic) bond motifs is 2. The van der Waals surface area contributed by atoms with Crippen molar-refractivity contribution < 1.29 is 4.42 Å². The van der Waals surface area contributed by atoms with Crippen LogP contribution in [0, 0.1) is 0 Å². The third-order valence-electron chi connectivity index (χ3n) is 5.15. The molecule has 26 heavy (non-hydrogen) atoms. The second-order valence-electron chi connectivity index (χ2n) is 6.68. The summed E-state index contributed by atoms with van der Waals surface area (Å²) in [6.07, 6.45) is 5.33. The van der Waals surface area contributed by atoms with E-state index in [1.807, 2.05) is 18.2 Å². The number of anilines is 2. The van der Waals surface area contributed by atoms with Gasteiger partial charge in [-0.1, -0.05) is 24.3 Å². The number of nitrogen functional groups attached to an aromatic ring is 1. The first-order chi connectivity index (χ1) is 12.8. The Labute approximate surface area is 150 Å². The van der Waals surface area contributed by atoms with Crippen LogP contribution in [0.3, 0.4) is 0 Å². The van der Waals surface area contributed by atoms with Crippen LogP contribution in [0.5, 0.6) is 0 Å². The zero-order valence-electron chi connectivity index (χ0n) is 14.2. The lowest BCUT2D eigenvalue weighted by Crippen LogP contribution is -2.25. The van der Waals surface area contributed by atoms with E-state index in [-0.39, 0.29) is 12.0 Å². The normalized spacial score (nSPS) is 19.4. The SMILES string of the molecule is Nc1cc(NC2c3ccccc3CCC2c2ccco2)cc2ncnn12. The summed E-state index contributed by atoms with van der Waals surface area (Å²) in [5.41, 5.74) is 10.5. The van der Waals surface area contributed by atoms with Gasteiger partial charge in [-0.2, -0.15) is 9.61 Å². The topological polar surface area (TPSA) is 81.4 Å². The fraction of sp³-hybridized carbons (Fsp3) is 0.200. The highest BCUT2D eigenvalue weighted by molar-refractivity contribution is 5.62. The minimum atomic E-state index is 0.107. The summed E-state index contributed by atoms with van der Waals surface area (Å²) in [6, 6.07) is 16.6. The molecule has 5 rings (SSSR count). The van der Waals surface area contributed by atoms with Crippen LogP contribution in [0.2, 0.25) is 0 Å². The zero-order chi connectivity index (χ0) is 17.5. The maximum absolute atomic E-state index is 6.13. The smallest absolute Gasteiger partial charge is 0.159 e. The van der Waals surface area contributed by atoms with Gasteiger partial charge in [0.05, 0.1) is 12.3 Å². The maximum Gasteiger partial charge on any atom is 0.159 e.